The third-order valence-electron chi connectivity index (χ3n) is 3.91. The summed E-state index contributed by atoms with van der Waals surface area (Å²) >= 11 is 0. The van der Waals surface area contributed by atoms with Crippen molar-refractivity contribution in [3.8, 4) is 0 Å². The Labute approximate surface area is 99.3 Å². The molecule has 2 N–H and O–H groups in total. The van der Waals surface area contributed by atoms with Crippen molar-refractivity contribution in [3.05, 3.63) is 0 Å². The van der Waals surface area contributed by atoms with Gasteiger partial charge < -0.3 is 10.5 Å². The summed E-state index contributed by atoms with van der Waals surface area (Å²) in [6.45, 7) is 9.00. The number of nitrogens with zero attached hydrogens (tertiary/aromatic N) is 1. The van der Waals surface area contributed by atoms with Crippen LogP contribution in [0.1, 0.15) is 40.0 Å². The van der Waals surface area contributed by atoms with Gasteiger partial charge in [-0.1, -0.05) is 6.92 Å². The van der Waals surface area contributed by atoms with E-state index in [1.807, 2.05) is 0 Å². The first-order valence-corrected chi connectivity index (χ1v) is 6.69. The molecule has 2 saturated heterocycles. The van der Waals surface area contributed by atoms with Gasteiger partial charge in [-0.15, -0.1) is 0 Å². The second-order valence-electron chi connectivity index (χ2n) is 5.94. The van der Waals surface area contributed by atoms with Crippen LogP contribution in [0.2, 0.25) is 0 Å². The summed E-state index contributed by atoms with van der Waals surface area (Å²) in [5, 5.41) is 0. The summed E-state index contributed by atoms with van der Waals surface area (Å²) in [7, 11) is 0. The molecule has 2 heterocycles. The van der Waals surface area contributed by atoms with E-state index in [1.54, 1.807) is 0 Å². The average molecular weight is 226 g/mol. The first-order valence-electron chi connectivity index (χ1n) is 6.69. The van der Waals surface area contributed by atoms with Gasteiger partial charge in [-0.05, 0) is 39.0 Å². The standard InChI is InChI=1S/C13H26N2O/c1-9-4-12(14)8-15(7-9)13-5-10(2)16-11(3)6-13/h9-13H,4-8,14H2,1-3H3. The molecular formula is C13H26N2O. The van der Waals surface area contributed by atoms with Crippen LogP contribution in [0.15, 0.2) is 0 Å². The fraction of sp³-hybridized carbons (Fsp3) is 1.00. The molecule has 0 bridgehead atoms. The number of hydrogen-bond donors (Lipinski definition) is 1. The monoisotopic (exact) mass is 226 g/mol. The number of piperidine rings is 1. The molecule has 0 radical (unpaired) electrons. The van der Waals surface area contributed by atoms with Crippen LogP contribution >= 0.6 is 0 Å². The van der Waals surface area contributed by atoms with Crippen LogP contribution in [-0.4, -0.2) is 42.3 Å². The maximum Gasteiger partial charge on any atom is 0.0565 e. The topological polar surface area (TPSA) is 38.5 Å². The van der Waals surface area contributed by atoms with Crippen molar-refractivity contribution < 1.29 is 4.74 Å². The molecule has 16 heavy (non-hydrogen) atoms. The van der Waals surface area contributed by atoms with Gasteiger partial charge in [-0.2, -0.15) is 0 Å². The zero-order valence-corrected chi connectivity index (χ0v) is 10.9. The minimum absolute atomic E-state index is 0.372. The van der Waals surface area contributed by atoms with Crippen molar-refractivity contribution in [2.45, 2.75) is 64.3 Å². The van der Waals surface area contributed by atoms with Gasteiger partial charge in [-0.25, -0.2) is 0 Å². The fourth-order valence-corrected chi connectivity index (χ4v) is 3.41. The van der Waals surface area contributed by atoms with E-state index < -0.39 is 0 Å². The number of likely N-dealkylation sites (tertiary alicyclic amines) is 1. The van der Waals surface area contributed by atoms with E-state index in [0.717, 1.165) is 12.5 Å². The van der Waals surface area contributed by atoms with E-state index >= 15 is 0 Å². The first-order chi connectivity index (χ1) is 7.54. The lowest BCUT2D eigenvalue weighted by Gasteiger charge is -2.44. The molecule has 0 aromatic rings. The van der Waals surface area contributed by atoms with Crippen molar-refractivity contribution in [3.63, 3.8) is 0 Å². The van der Waals surface area contributed by atoms with E-state index in [1.165, 1.54) is 25.8 Å². The lowest BCUT2D eigenvalue weighted by Crippen LogP contribution is -2.53. The van der Waals surface area contributed by atoms with Gasteiger partial charge in [0.1, 0.15) is 0 Å². The van der Waals surface area contributed by atoms with E-state index in [-0.39, 0.29) is 0 Å². The quantitative estimate of drug-likeness (QED) is 0.738. The molecule has 0 amide bonds. The second-order valence-corrected chi connectivity index (χ2v) is 5.94. The lowest BCUT2D eigenvalue weighted by atomic mass is 9.91. The van der Waals surface area contributed by atoms with Crippen molar-refractivity contribution in [1.29, 1.82) is 0 Å². The molecule has 3 nitrogen and oxygen atoms in total. The zero-order chi connectivity index (χ0) is 11.7. The lowest BCUT2D eigenvalue weighted by molar-refractivity contribution is -0.0716. The molecule has 2 fully saturated rings. The van der Waals surface area contributed by atoms with Crippen LogP contribution in [0.25, 0.3) is 0 Å². The molecule has 0 saturated carbocycles. The third-order valence-corrected chi connectivity index (χ3v) is 3.91. The Morgan fingerprint density at radius 2 is 1.62 bits per heavy atom. The molecule has 2 rings (SSSR count). The Morgan fingerprint density at radius 1 is 1.00 bits per heavy atom. The minimum Gasteiger partial charge on any atom is -0.375 e. The predicted octanol–water partition coefficient (Wildman–Crippen LogP) is 1.61. The van der Waals surface area contributed by atoms with Crippen LogP contribution in [0.3, 0.4) is 0 Å². The molecule has 0 aliphatic carbocycles. The second kappa shape index (κ2) is 5.03. The van der Waals surface area contributed by atoms with Gasteiger partial charge in [0.2, 0.25) is 0 Å². The summed E-state index contributed by atoms with van der Waals surface area (Å²) in [4.78, 5) is 2.61. The molecule has 2 aliphatic rings. The van der Waals surface area contributed by atoms with E-state index in [9.17, 15) is 0 Å². The predicted molar refractivity (Wildman–Crippen MR) is 66.4 cm³/mol. The molecular weight excluding hydrogens is 200 g/mol. The summed E-state index contributed by atoms with van der Waals surface area (Å²) < 4.78 is 5.80. The normalized spacial score (nSPS) is 46.9. The smallest absolute Gasteiger partial charge is 0.0565 e. The van der Waals surface area contributed by atoms with E-state index in [0.29, 0.717) is 24.3 Å². The van der Waals surface area contributed by atoms with Crippen molar-refractivity contribution in [1.82, 2.24) is 4.90 Å². The largest absolute Gasteiger partial charge is 0.375 e. The van der Waals surface area contributed by atoms with Crippen LogP contribution in [0.4, 0.5) is 0 Å². The van der Waals surface area contributed by atoms with Gasteiger partial charge >= 0.3 is 0 Å². The van der Waals surface area contributed by atoms with Gasteiger partial charge in [0.15, 0.2) is 0 Å². The Morgan fingerprint density at radius 3 is 2.19 bits per heavy atom. The SMILES string of the molecule is CC1CC(N)CN(C2CC(C)OC(C)C2)C1. The first kappa shape index (κ1) is 12.3. The fourth-order valence-electron chi connectivity index (χ4n) is 3.41. The third kappa shape index (κ3) is 2.96. The Balaban J connectivity index is 1.95. The van der Waals surface area contributed by atoms with Gasteiger partial charge in [0.25, 0.3) is 0 Å². The van der Waals surface area contributed by atoms with E-state index in [2.05, 4.69) is 25.7 Å². The molecule has 0 spiro atoms. The highest BCUT2D eigenvalue weighted by Gasteiger charge is 2.32. The van der Waals surface area contributed by atoms with Crippen molar-refractivity contribution in [2.24, 2.45) is 11.7 Å². The van der Waals surface area contributed by atoms with Crippen molar-refractivity contribution >= 4 is 0 Å². The zero-order valence-electron chi connectivity index (χ0n) is 10.9. The summed E-state index contributed by atoms with van der Waals surface area (Å²) in [6, 6.07) is 1.06. The Kier molecular flexibility index (Phi) is 3.88. The molecule has 0 aromatic carbocycles. The van der Waals surface area contributed by atoms with Crippen molar-refractivity contribution in [2.75, 3.05) is 13.1 Å². The van der Waals surface area contributed by atoms with Crippen LogP contribution < -0.4 is 5.73 Å². The molecule has 4 atom stereocenters. The highest BCUT2D eigenvalue weighted by atomic mass is 16.5. The molecule has 2 aliphatic heterocycles. The molecule has 94 valence electrons. The van der Waals surface area contributed by atoms with Gasteiger partial charge in [-0.3, -0.25) is 4.90 Å². The Hall–Kier alpha value is -0.120. The summed E-state index contributed by atoms with van der Waals surface area (Å²) in [5.74, 6) is 0.747. The summed E-state index contributed by atoms with van der Waals surface area (Å²) in [5.41, 5.74) is 6.12. The molecule has 0 aromatic heterocycles. The number of hydrogen-bond acceptors (Lipinski definition) is 3. The maximum atomic E-state index is 6.12. The highest BCUT2D eigenvalue weighted by Crippen LogP contribution is 2.27. The van der Waals surface area contributed by atoms with E-state index in [4.69, 9.17) is 10.5 Å². The number of rotatable bonds is 1. The Bertz CT molecular complexity index is 190. The maximum absolute atomic E-state index is 6.12. The highest BCUT2D eigenvalue weighted by molar-refractivity contribution is 4.87. The van der Waals surface area contributed by atoms with Gasteiger partial charge in [0.05, 0.1) is 12.2 Å². The average Bonchev–Trinajstić information content (AvgIpc) is 2.14. The minimum atomic E-state index is 0.372. The van der Waals surface area contributed by atoms with Gasteiger partial charge in [0, 0.05) is 25.2 Å². The molecule has 4 unspecified atom stereocenters. The number of nitrogens with two attached hydrogens (primary N) is 1. The van der Waals surface area contributed by atoms with Crippen LogP contribution in [0.5, 0.6) is 0 Å². The molecule has 3 heteroatoms. The van der Waals surface area contributed by atoms with Crippen LogP contribution in [-0.2, 0) is 4.74 Å². The number of ether oxygens (including phenoxy) is 1. The van der Waals surface area contributed by atoms with Crippen LogP contribution in [0, 0.1) is 5.92 Å². The summed E-state index contributed by atoms with van der Waals surface area (Å²) in [6.07, 6.45) is 4.34.